The van der Waals surface area contributed by atoms with Crippen molar-refractivity contribution < 1.29 is 9.32 Å². The summed E-state index contributed by atoms with van der Waals surface area (Å²) < 4.78 is 5.21. The van der Waals surface area contributed by atoms with E-state index in [1.807, 2.05) is 25.1 Å². The Labute approximate surface area is 139 Å². The third-order valence-electron chi connectivity index (χ3n) is 3.53. The van der Waals surface area contributed by atoms with Crippen molar-refractivity contribution in [2.24, 2.45) is 0 Å². The fourth-order valence-corrected chi connectivity index (χ4v) is 2.21. The van der Waals surface area contributed by atoms with Crippen LogP contribution in [-0.4, -0.2) is 38.0 Å². The highest BCUT2D eigenvalue weighted by atomic mass is 16.5. The molecule has 0 radical (unpaired) electrons. The van der Waals surface area contributed by atoms with E-state index in [9.17, 15) is 4.79 Å². The summed E-state index contributed by atoms with van der Waals surface area (Å²) in [7, 11) is 1.70. The van der Waals surface area contributed by atoms with Crippen LogP contribution in [0, 0.1) is 0 Å². The quantitative estimate of drug-likeness (QED) is 0.716. The molecule has 122 valence electrons. The first-order chi connectivity index (χ1) is 11.7. The van der Waals surface area contributed by atoms with Gasteiger partial charge in [0.05, 0.1) is 17.8 Å². The molecule has 0 fully saturated rings. The lowest BCUT2D eigenvalue weighted by Gasteiger charge is -2.14. The first-order valence-corrected chi connectivity index (χ1v) is 7.59. The number of pyridine rings is 1. The van der Waals surface area contributed by atoms with Crippen LogP contribution in [0.2, 0.25) is 0 Å². The Balaban J connectivity index is 1.70. The monoisotopic (exact) mass is 323 g/mol. The first kappa shape index (κ1) is 15.8. The van der Waals surface area contributed by atoms with Crippen molar-refractivity contribution in [1.29, 1.82) is 0 Å². The summed E-state index contributed by atoms with van der Waals surface area (Å²) >= 11 is 0. The van der Waals surface area contributed by atoms with E-state index in [2.05, 4.69) is 20.1 Å². The highest BCUT2D eigenvalue weighted by Gasteiger charge is 2.15. The summed E-state index contributed by atoms with van der Waals surface area (Å²) in [6, 6.07) is 5.53. The Kier molecular flexibility index (Phi) is 4.60. The number of hydrogen-bond acceptors (Lipinski definition) is 6. The van der Waals surface area contributed by atoms with Gasteiger partial charge in [-0.3, -0.25) is 9.78 Å². The van der Waals surface area contributed by atoms with Crippen molar-refractivity contribution >= 4 is 5.91 Å². The molecule has 0 N–H and O–H groups in total. The Hall–Kier alpha value is -3.09. The lowest BCUT2D eigenvalue weighted by molar-refractivity contribution is 0.0771. The molecular formula is C17H17N5O2. The third-order valence-corrected chi connectivity index (χ3v) is 3.53. The highest BCUT2D eigenvalue weighted by Crippen LogP contribution is 2.13. The van der Waals surface area contributed by atoms with Crippen molar-refractivity contribution in [3.05, 3.63) is 60.0 Å². The minimum Gasteiger partial charge on any atom is -0.359 e. The first-order valence-electron chi connectivity index (χ1n) is 7.59. The summed E-state index contributed by atoms with van der Waals surface area (Å²) in [6.07, 6.45) is 7.20. The molecule has 0 bridgehead atoms. The molecule has 3 heterocycles. The van der Waals surface area contributed by atoms with Gasteiger partial charge >= 0.3 is 0 Å². The van der Waals surface area contributed by atoms with E-state index < -0.39 is 0 Å². The van der Waals surface area contributed by atoms with Crippen LogP contribution in [0.25, 0.3) is 11.4 Å². The SMILES string of the molecule is CCc1cc(CN(C)C(=O)c2cnc(-c3cccnc3)nc2)on1. The van der Waals surface area contributed by atoms with E-state index in [1.165, 1.54) is 12.4 Å². The molecule has 0 saturated carbocycles. The topological polar surface area (TPSA) is 85.0 Å². The molecule has 0 aliphatic carbocycles. The summed E-state index contributed by atoms with van der Waals surface area (Å²) in [5.41, 5.74) is 2.09. The summed E-state index contributed by atoms with van der Waals surface area (Å²) in [5.74, 6) is 1.00. The Bertz CT molecular complexity index is 815. The molecular weight excluding hydrogens is 306 g/mol. The number of amides is 1. The van der Waals surface area contributed by atoms with Crippen LogP contribution in [0.1, 0.15) is 28.7 Å². The minimum absolute atomic E-state index is 0.179. The second-order valence-electron chi connectivity index (χ2n) is 5.34. The molecule has 0 atom stereocenters. The molecule has 3 rings (SSSR count). The number of nitrogens with zero attached hydrogens (tertiary/aromatic N) is 5. The van der Waals surface area contributed by atoms with Gasteiger partial charge in [-0.05, 0) is 18.6 Å². The van der Waals surface area contributed by atoms with Gasteiger partial charge < -0.3 is 9.42 Å². The highest BCUT2D eigenvalue weighted by molar-refractivity contribution is 5.93. The second-order valence-corrected chi connectivity index (χ2v) is 5.34. The van der Waals surface area contributed by atoms with Gasteiger partial charge in [0.15, 0.2) is 11.6 Å². The summed E-state index contributed by atoms with van der Waals surface area (Å²) in [4.78, 5) is 26.5. The van der Waals surface area contributed by atoms with Gasteiger partial charge in [-0.15, -0.1) is 0 Å². The van der Waals surface area contributed by atoms with Crippen molar-refractivity contribution in [1.82, 2.24) is 25.0 Å². The maximum atomic E-state index is 12.4. The van der Waals surface area contributed by atoms with Gasteiger partial charge in [-0.25, -0.2) is 9.97 Å². The number of carbonyl (C=O) groups excluding carboxylic acids is 1. The van der Waals surface area contributed by atoms with E-state index in [1.54, 1.807) is 24.3 Å². The Morgan fingerprint density at radius 2 is 2.04 bits per heavy atom. The molecule has 0 saturated heterocycles. The van der Waals surface area contributed by atoms with Crippen LogP contribution >= 0.6 is 0 Å². The van der Waals surface area contributed by atoms with E-state index >= 15 is 0 Å². The largest absolute Gasteiger partial charge is 0.359 e. The molecule has 7 nitrogen and oxygen atoms in total. The van der Waals surface area contributed by atoms with Crippen LogP contribution in [-0.2, 0) is 13.0 Å². The van der Waals surface area contributed by atoms with Gasteiger partial charge in [0.25, 0.3) is 5.91 Å². The van der Waals surface area contributed by atoms with Gasteiger partial charge in [0.2, 0.25) is 0 Å². The zero-order chi connectivity index (χ0) is 16.9. The number of aryl methyl sites for hydroxylation is 1. The summed E-state index contributed by atoms with van der Waals surface area (Å²) in [5, 5.41) is 3.92. The van der Waals surface area contributed by atoms with Crippen molar-refractivity contribution in [3.63, 3.8) is 0 Å². The smallest absolute Gasteiger partial charge is 0.257 e. The molecule has 0 aliphatic heterocycles. The van der Waals surface area contributed by atoms with E-state index in [-0.39, 0.29) is 5.91 Å². The van der Waals surface area contributed by atoms with Crippen LogP contribution < -0.4 is 0 Å². The van der Waals surface area contributed by atoms with E-state index in [0.717, 1.165) is 17.7 Å². The zero-order valence-corrected chi connectivity index (χ0v) is 13.5. The number of aromatic nitrogens is 4. The summed E-state index contributed by atoms with van der Waals surface area (Å²) in [6.45, 7) is 2.34. The van der Waals surface area contributed by atoms with Crippen molar-refractivity contribution in [2.75, 3.05) is 7.05 Å². The van der Waals surface area contributed by atoms with Crippen molar-refractivity contribution in [2.45, 2.75) is 19.9 Å². The molecule has 7 heteroatoms. The molecule has 0 aliphatic rings. The maximum absolute atomic E-state index is 12.4. The van der Waals surface area contributed by atoms with Gasteiger partial charge in [0, 0.05) is 43.5 Å². The minimum atomic E-state index is -0.179. The van der Waals surface area contributed by atoms with Crippen LogP contribution in [0.3, 0.4) is 0 Å². The second kappa shape index (κ2) is 6.99. The third kappa shape index (κ3) is 3.45. The van der Waals surface area contributed by atoms with Gasteiger partial charge in [0.1, 0.15) is 0 Å². The van der Waals surface area contributed by atoms with E-state index in [4.69, 9.17) is 4.52 Å². The molecule has 0 spiro atoms. The molecule has 3 aromatic heterocycles. The van der Waals surface area contributed by atoms with Crippen LogP contribution in [0.4, 0.5) is 0 Å². The number of carbonyl (C=O) groups is 1. The normalized spacial score (nSPS) is 10.6. The average Bonchev–Trinajstić information content (AvgIpc) is 3.09. The zero-order valence-electron chi connectivity index (χ0n) is 13.5. The van der Waals surface area contributed by atoms with Gasteiger partial charge in [-0.1, -0.05) is 12.1 Å². The number of hydrogen-bond donors (Lipinski definition) is 0. The lowest BCUT2D eigenvalue weighted by Crippen LogP contribution is -2.26. The van der Waals surface area contributed by atoms with E-state index in [0.29, 0.717) is 23.7 Å². The fraction of sp³-hybridized carbons (Fsp3) is 0.235. The predicted molar refractivity (Wildman–Crippen MR) is 86.9 cm³/mol. The lowest BCUT2D eigenvalue weighted by atomic mass is 10.2. The Morgan fingerprint density at radius 3 is 2.67 bits per heavy atom. The standard InChI is InChI=1S/C17H17N5O2/c1-3-14-7-15(24-21-14)11-22(2)17(23)13-9-19-16(20-10-13)12-5-4-6-18-8-12/h4-10H,3,11H2,1-2H3. The van der Waals surface area contributed by atoms with Gasteiger partial charge in [-0.2, -0.15) is 0 Å². The molecule has 0 unspecified atom stereocenters. The number of rotatable bonds is 5. The molecule has 3 aromatic rings. The van der Waals surface area contributed by atoms with Crippen LogP contribution in [0.15, 0.2) is 47.5 Å². The fourth-order valence-electron chi connectivity index (χ4n) is 2.21. The predicted octanol–water partition coefficient (Wildman–Crippen LogP) is 2.36. The average molecular weight is 323 g/mol. The van der Waals surface area contributed by atoms with Crippen molar-refractivity contribution in [3.8, 4) is 11.4 Å². The Morgan fingerprint density at radius 1 is 1.25 bits per heavy atom. The molecule has 1 amide bonds. The van der Waals surface area contributed by atoms with Crippen LogP contribution in [0.5, 0.6) is 0 Å². The molecule has 0 aromatic carbocycles. The maximum Gasteiger partial charge on any atom is 0.257 e. The molecule has 24 heavy (non-hydrogen) atoms.